The van der Waals surface area contributed by atoms with Crippen LogP contribution in [0.1, 0.15) is 25.7 Å². The van der Waals surface area contributed by atoms with Gasteiger partial charge in [-0.15, -0.1) is 5.10 Å². The Morgan fingerprint density at radius 2 is 1.82 bits per heavy atom. The minimum Gasteiger partial charge on any atom is -0.372 e. The van der Waals surface area contributed by atoms with Crippen molar-refractivity contribution in [2.75, 3.05) is 43.0 Å². The average Bonchev–Trinajstić information content (AvgIpc) is 2.73. The third-order valence-electron chi connectivity index (χ3n) is 6.24. The zero-order valence-corrected chi connectivity index (χ0v) is 17.0. The third-order valence-corrected chi connectivity index (χ3v) is 6.42. The highest BCUT2D eigenvalue weighted by molar-refractivity contribution is 6.29. The van der Waals surface area contributed by atoms with E-state index < -0.39 is 0 Å². The second-order valence-electron chi connectivity index (χ2n) is 7.81. The van der Waals surface area contributed by atoms with Gasteiger partial charge in [-0.3, -0.25) is 4.90 Å². The zero-order valence-electron chi connectivity index (χ0n) is 16.3. The van der Waals surface area contributed by atoms with Crippen molar-refractivity contribution in [3.8, 4) is 0 Å². The van der Waals surface area contributed by atoms with Gasteiger partial charge >= 0.3 is 0 Å². The molecule has 1 saturated heterocycles. The van der Waals surface area contributed by atoms with Crippen LogP contribution in [0.25, 0.3) is 0 Å². The first-order valence-electron chi connectivity index (χ1n) is 10.1. The summed E-state index contributed by atoms with van der Waals surface area (Å²) in [6.45, 7) is 4.11. The van der Waals surface area contributed by atoms with Gasteiger partial charge in [0.15, 0.2) is 5.15 Å². The molecular weight excluding hydrogens is 377 g/mol. The van der Waals surface area contributed by atoms with Crippen molar-refractivity contribution in [3.63, 3.8) is 0 Å². The lowest BCUT2D eigenvalue weighted by atomic mass is 9.88. The number of rotatable bonds is 4. The van der Waals surface area contributed by atoms with Gasteiger partial charge in [0.05, 0.1) is 11.9 Å². The number of nitrogens with zero attached hydrogens (tertiary/aromatic N) is 5. The second-order valence-corrected chi connectivity index (χ2v) is 8.20. The van der Waals surface area contributed by atoms with Crippen LogP contribution in [0.4, 0.5) is 15.8 Å². The highest BCUT2D eigenvalue weighted by Gasteiger charge is 2.30. The lowest BCUT2D eigenvalue weighted by Gasteiger charge is -2.44. The SMILES string of the molecule is CN(c1cccc(F)c1)C1CCC(N2CCN(c3cnnc(Cl)c3)CC2)CC1. The van der Waals surface area contributed by atoms with Crippen LogP contribution in [0.3, 0.4) is 0 Å². The molecule has 0 radical (unpaired) electrons. The fourth-order valence-corrected chi connectivity index (χ4v) is 4.72. The van der Waals surface area contributed by atoms with Crippen LogP contribution >= 0.6 is 11.6 Å². The molecule has 7 heteroatoms. The second kappa shape index (κ2) is 8.62. The first-order chi connectivity index (χ1) is 13.6. The molecule has 2 heterocycles. The molecule has 2 fully saturated rings. The molecule has 0 spiro atoms. The monoisotopic (exact) mass is 403 g/mol. The summed E-state index contributed by atoms with van der Waals surface area (Å²) in [4.78, 5) is 7.21. The number of aromatic nitrogens is 2. The molecule has 0 bridgehead atoms. The van der Waals surface area contributed by atoms with E-state index in [1.807, 2.05) is 12.1 Å². The quantitative estimate of drug-likeness (QED) is 0.775. The molecule has 0 unspecified atom stereocenters. The number of hydrogen-bond acceptors (Lipinski definition) is 5. The Labute approximate surface area is 171 Å². The van der Waals surface area contributed by atoms with E-state index in [1.54, 1.807) is 18.3 Å². The molecule has 2 aromatic rings. The lowest BCUT2D eigenvalue weighted by Crippen LogP contribution is -2.52. The smallest absolute Gasteiger partial charge is 0.153 e. The van der Waals surface area contributed by atoms with Gasteiger partial charge in [-0.05, 0) is 43.9 Å². The van der Waals surface area contributed by atoms with Gasteiger partial charge in [0, 0.05) is 57.1 Å². The van der Waals surface area contributed by atoms with Gasteiger partial charge in [-0.25, -0.2) is 4.39 Å². The van der Waals surface area contributed by atoms with E-state index in [4.69, 9.17) is 11.6 Å². The predicted molar refractivity (Wildman–Crippen MR) is 112 cm³/mol. The molecule has 4 rings (SSSR count). The van der Waals surface area contributed by atoms with Crippen molar-refractivity contribution in [1.82, 2.24) is 15.1 Å². The standard InChI is InChI=1S/C21H27ClFN5/c1-26(19-4-2-3-16(23)13-19)17-5-7-18(8-6-17)27-9-11-28(12-10-27)20-14-21(22)25-24-15-20/h2-4,13-15,17-18H,5-12H2,1H3. The summed E-state index contributed by atoms with van der Waals surface area (Å²) in [7, 11) is 2.09. The maximum absolute atomic E-state index is 13.5. The summed E-state index contributed by atoms with van der Waals surface area (Å²) in [5, 5.41) is 8.23. The molecule has 1 aliphatic carbocycles. The molecule has 1 aromatic heterocycles. The van der Waals surface area contributed by atoms with Gasteiger partial charge in [-0.2, -0.15) is 5.10 Å². The number of halogens is 2. The number of anilines is 2. The highest BCUT2D eigenvalue weighted by atomic mass is 35.5. The number of benzene rings is 1. The van der Waals surface area contributed by atoms with E-state index in [9.17, 15) is 4.39 Å². The van der Waals surface area contributed by atoms with Crippen molar-refractivity contribution >= 4 is 23.0 Å². The Bertz CT molecular complexity index is 788. The van der Waals surface area contributed by atoms with Crippen molar-refractivity contribution < 1.29 is 4.39 Å². The maximum atomic E-state index is 13.5. The van der Waals surface area contributed by atoms with Crippen LogP contribution in [0.2, 0.25) is 5.15 Å². The van der Waals surface area contributed by atoms with Crippen LogP contribution in [-0.2, 0) is 0 Å². The van der Waals surface area contributed by atoms with E-state index in [0.717, 1.165) is 50.4 Å². The molecule has 2 aliphatic rings. The van der Waals surface area contributed by atoms with Crippen LogP contribution in [0.5, 0.6) is 0 Å². The third kappa shape index (κ3) is 4.39. The Hall–Kier alpha value is -1.92. The summed E-state index contributed by atoms with van der Waals surface area (Å²) in [6, 6.07) is 9.95. The molecule has 5 nitrogen and oxygen atoms in total. The first-order valence-corrected chi connectivity index (χ1v) is 10.4. The normalized spacial score (nSPS) is 23.6. The van der Waals surface area contributed by atoms with Crippen molar-refractivity contribution in [2.24, 2.45) is 0 Å². The highest BCUT2D eigenvalue weighted by Crippen LogP contribution is 2.30. The maximum Gasteiger partial charge on any atom is 0.153 e. The van der Waals surface area contributed by atoms with Crippen LogP contribution in [0, 0.1) is 5.82 Å². The van der Waals surface area contributed by atoms with Gasteiger partial charge in [0.2, 0.25) is 0 Å². The summed E-state index contributed by atoms with van der Waals surface area (Å²) in [6.07, 6.45) is 6.50. The average molecular weight is 404 g/mol. The molecule has 0 N–H and O–H groups in total. The minimum atomic E-state index is -0.165. The molecule has 1 aliphatic heterocycles. The summed E-state index contributed by atoms with van der Waals surface area (Å²) < 4.78 is 13.5. The van der Waals surface area contributed by atoms with Crippen LogP contribution in [0.15, 0.2) is 36.5 Å². The Morgan fingerprint density at radius 3 is 2.50 bits per heavy atom. The van der Waals surface area contributed by atoms with E-state index in [2.05, 4.69) is 31.9 Å². The van der Waals surface area contributed by atoms with Crippen LogP contribution < -0.4 is 9.80 Å². The molecular formula is C21H27ClFN5. The zero-order chi connectivity index (χ0) is 19.5. The molecule has 150 valence electrons. The van der Waals surface area contributed by atoms with Crippen molar-refractivity contribution in [2.45, 2.75) is 37.8 Å². The lowest BCUT2D eigenvalue weighted by molar-refractivity contribution is 0.141. The Balaban J connectivity index is 1.28. The van der Waals surface area contributed by atoms with Gasteiger partial charge < -0.3 is 9.80 Å². The van der Waals surface area contributed by atoms with Crippen LogP contribution in [-0.4, -0.2) is 60.4 Å². The van der Waals surface area contributed by atoms with Crippen molar-refractivity contribution in [3.05, 3.63) is 47.5 Å². The van der Waals surface area contributed by atoms with E-state index in [0.29, 0.717) is 17.2 Å². The van der Waals surface area contributed by atoms with E-state index in [1.165, 1.54) is 18.9 Å². The Morgan fingerprint density at radius 1 is 1.07 bits per heavy atom. The van der Waals surface area contributed by atoms with E-state index >= 15 is 0 Å². The summed E-state index contributed by atoms with van der Waals surface area (Å²) >= 11 is 5.97. The topological polar surface area (TPSA) is 35.5 Å². The van der Waals surface area contributed by atoms with Crippen molar-refractivity contribution in [1.29, 1.82) is 0 Å². The largest absolute Gasteiger partial charge is 0.372 e. The van der Waals surface area contributed by atoms with E-state index in [-0.39, 0.29) is 5.82 Å². The molecule has 1 aromatic carbocycles. The summed E-state index contributed by atoms with van der Waals surface area (Å²) in [5.74, 6) is -0.165. The molecule has 28 heavy (non-hydrogen) atoms. The molecule has 0 amide bonds. The minimum absolute atomic E-state index is 0.165. The number of hydrogen-bond donors (Lipinski definition) is 0. The summed E-state index contributed by atoms with van der Waals surface area (Å²) in [5.41, 5.74) is 2.03. The first kappa shape index (κ1) is 19.4. The van der Waals surface area contributed by atoms with Gasteiger partial charge in [-0.1, -0.05) is 17.7 Å². The number of piperazine rings is 1. The fraction of sp³-hybridized carbons (Fsp3) is 0.524. The molecule has 1 saturated carbocycles. The fourth-order valence-electron chi connectivity index (χ4n) is 4.57. The molecule has 0 atom stereocenters. The Kier molecular flexibility index (Phi) is 5.97. The van der Waals surface area contributed by atoms with Gasteiger partial charge in [0.1, 0.15) is 5.82 Å². The predicted octanol–water partition coefficient (Wildman–Crippen LogP) is 3.84. The van der Waals surface area contributed by atoms with Gasteiger partial charge in [0.25, 0.3) is 0 Å².